The lowest BCUT2D eigenvalue weighted by atomic mass is 10.2. The first-order valence-corrected chi connectivity index (χ1v) is 6.18. The van der Waals surface area contributed by atoms with Crippen LogP contribution in [0.15, 0.2) is 15.9 Å². The molecular weight excluding hydrogens is 260 g/mol. The van der Waals surface area contributed by atoms with Crippen molar-refractivity contribution in [3.05, 3.63) is 20.8 Å². The Morgan fingerprint density at radius 2 is 2.36 bits per heavy atom. The van der Waals surface area contributed by atoms with Gasteiger partial charge in [-0.25, -0.2) is 0 Å². The third-order valence-electron chi connectivity index (χ3n) is 1.77. The molecule has 1 N–H and O–H groups in total. The number of nitrogens with one attached hydrogen (secondary N) is 1. The fourth-order valence-electron chi connectivity index (χ4n) is 1.06. The summed E-state index contributed by atoms with van der Waals surface area (Å²) in [5.74, 6) is 0.560. The third kappa shape index (κ3) is 3.09. The number of thiophene rings is 1. The van der Waals surface area contributed by atoms with E-state index in [9.17, 15) is 0 Å². The quantitative estimate of drug-likeness (QED) is 0.913. The molecular formula is C10H13BrN2S. The lowest BCUT2D eigenvalue weighted by molar-refractivity contribution is 0.528. The number of hydrogen-bond acceptors (Lipinski definition) is 3. The number of hydrogen-bond donors (Lipinski definition) is 1. The van der Waals surface area contributed by atoms with Gasteiger partial charge in [-0.2, -0.15) is 5.26 Å². The third-order valence-corrected chi connectivity index (χ3v) is 3.70. The van der Waals surface area contributed by atoms with E-state index < -0.39 is 0 Å². The lowest BCUT2D eigenvalue weighted by Crippen LogP contribution is -2.23. The van der Waals surface area contributed by atoms with Gasteiger partial charge in [0.05, 0.1) is 10.9 Å². The van der Waals surface area contributed by atoms with Gasteiger partial charge in [-0.15, -0.1) is 11.3 Å². The average molecular weight is 273 g/mol. The molecule has 1 heterocycles. The Morgan fingerprint density at radius 1 is 1.64 bits per heavy atom. The predicted molar refractivity (Wildman–Crippen MR) is 63.2 cm³/mol. The van der Waals surface area contributed by atoms with Crippen molar-refractivity contribution in [1.29, 1.82) is 5.26 Å². The molecule has 1 atom stereocenters. The number of nitriles is 1. The molecule has 1 aromatic rings. The average Bonchev–Trinajstić information content (AvgIpc) is 2.53. The summed E-state index contributed by atoms with van der Waals surface area (Å²) >= 11 is 5.04. The minimum Gasteiger partial charge on any atom is -0.297 e. The normalized spacial score (nSPS) is 12.8. The summed E-state index contributed by atoms with van der Waals surface area (Å²) in [6, 6.07) is 4.06. The lowest BCUT2D eigenvalue weighted by Gasteiger charge is -2.12. The van der Waals surface area contributed by atoms with E-state index in [1.807, 2.05) is 11.4 Å². The number of halogens is 1. The van der Waals surface area contributed by atoms with E-state index in [0.717, 1.165) is 15.9 Å². The largest absolute Gasteiger partial charge is 0.297 e. The molecule has 1 rings (SSSR count). The highest BCUT2D eigenvalue weighted by atomic mass is 79.9. The molecule has 0 radical (unpaired) electrons. The van der Waals surface area contributed by atoms with Crippen LogP contribution >= 0.6 is 27.3 Å². The summed E-state index contributed by atoms with van der Waals surface area (Å²) in [5, 5.41) is 14.2. The van der Waals surface area contributed by atoms with Gasteiger partial charge in [0.15, 0.2) is 0 Å². The first-order valence-electron chi connectivity index (χ1n) is 4.51. The van der Waals surface area contributed by atoms with Gasteiger partial charge >= 0.3 is 0 Å². The SMILES string of the molecule is CC(C)CNC(C#N)c1sccc1Br. The highest BCUT2D eigenvalue weighted by molar-refractivity contribution is 9.10. The smallest absolute Gasteiger partial charge is 0.131 e. The Bertz CT molecular complexity index is 327. The zero-order valence-electron chi connectivity index (χ0n) is 8.25. The Balaban J connectivity index is 2.65. The van der Waals surface area contributed by atoms with Crippen molar-refractivity contribution in [3.63, 3.8) is 0 Å². The van der Waals surface area contributed by atoms with Crippen molar-refractivity contribution in [2.45, 2.75) is 19.9 Å². The van der Waals surface area contributed by atoms with E-state index in [0.29, 0.717) is 5.92 Å². The van der Waals surface area contributed by atoms with Gasteiger partial charge in [0.25, 0.3) is 0 Å². The Hall–Kier alpha value is -0.370. The second kappa shape index (κ2) is 5.50. The van der Waals surface area contributed by atoms with Crippen LogP contribution in [0.4, 0.5) is 0 Å². The van der Waals surface area contributed by atoms with Gasteiger partial charge in [0.2, 0.25) is 0 Å². The summed E-state index contributed by atoms with van der Waals surface area (Å²) in [7, 11) is 0. The van der Waals surface area contributed by atoms with E-state index in [2.05, 4.69) is 41.2 Å². The molecule has 0 saturated carbocycles. The van der Waals surface area contributed by atoms with Crippen molar-refractivity contribution in [1.82, 2.24) is 5.32 Å². The summed E-state index contributed by atoms with van der Waals surface area (Å²) in [4.78, 5) is 1.06. The van der Waals surface area contributed by atoms with E-state index in [4.69, 9.17) is 5.26 Å². The van der Waals surface area contributed by atoms with Gasteiger partial charge in [-0.3, -0.25) is 5.32 Å². The monoisotopic (exact) mass is 272 g/mol. The minimum absolute atomic E-state index is 0.188. The van der Waals surface area contributed by atoms with Crippen LogP contribution in [0.1, 0.15) is 24.8 Å². The van der Waals surface area contributed by atoms with Crippen LogP contribution in [0, 0.1) is 17.2 Å². The summed E-state index contributed by atoms with van der Waals surface area (Å²) in [6.45, 7) is 5.12. The molecule has 0 aliphatic rings. The Morgan fingerprint density at radius 3 is 2.79 bits per heavy atom. The van der Waals surface area contributed by atoms with E-state index in [1.54, 1.807) is 11.3 Å². The number of rotatable bonds is 4. The zero-order chi connectivity index (χ0) is 10.6. The van der Waals surface area contributed by atoms with E-state index >= 15 is 0 Å². The van der Waals surface area contributed by atoms with Crippen molar-refractivity contribution in [2.24, 2.45) is 5.92 Å². The molecule has 0 aromatic carbocycles. The maximum Gasteiger partial charge on any atom is 0.131 e. The molecule has 2 nitrogen and oxygen atoms in total. The van der Waals surface area contributed by atoms with E-state index in [-0.39, 0.29) is 6.04 Å². The van der Waals surface area contributed by atoms with Crippen molar-refractivity contribution < 1.29 is 0 Å². The summed E-state index contributed by atoms with van der Waals surface area (Å²) in [6.07, 6.45) is 0. The van der Waals surface area contributed by atoms with Crippen LogP contribution in [0.25, 0.3) is 0 Å². The van der Waals surface area contributed by atoms with Gasteiger partial charge in [-0.05, 0) is 39.8 Å². The molecule has 1 aromatic heterocycles. The second-order valence-electron chi connectivity index (χ2n) is 3.50. The first-order chi connectivity index (χ1) is 6.65. The van der Waals surface area contributed by atoms with Crippen molar-refractivity contribution in [3.8, 4) is 6.07 Å². The molecule has 0 saturated heterocycles. The van der Waals surface area contributed by atoms with Gasteiger partial charge in [0, 0.05) is 4.47 Å². The topological polar surface area (TPSA) is 35.8 Å². The van der Waals surface area contributed by atoms with E-state index in [1.165, 1.54) is 0 Å². The van der Waals surface area contributed by atoms with Crippen LogP contribution in [-0.4, -0.2) is 6.54 Å². The Labute approximate surface area is 97.1 Å². The molecule has 76 valence electrons. The van der Waals surface area contributed by atoms with Crippen LogP contribution < -0.4 is 5.32 Å². The van der Waals surface area contributed by atoms with Crippen LogP contribution in [0.2, 0.25) is 0 Å². The van der Waals surface area contributed by atoms with Crippen molar-refractivity contribution in [2.75, 3.05) is 6.54 Å². The molecule has 0 spiro atoms. The first kappa shape index (κ1) is 11.7. The summed E-state index contributed by atoms with van der Waals surface area (Å²) in [5.41, 5.74) is 0. The fourth-order valence-corrected chi connectivity index (χ4v) is 2.68. The Kier molecular flexibility index (Phi) is 4.59. The predicted octanol–water partition coefficient (Wildman–Crippen LogP) is 3.32. The molecule has 0 fully saturated rings. The van der Waals surface area contributed by atoms with Gasteiger partial charge in [-0.1, -0.05) is 13.8 Å². The standard InChI is InChI=1S/C10H13BrN2S/c1-7(2)6-13-9(5-12)10-8(11)3-4-14-10/h3-4,7,9,13H,6H2,1-2H3. The maximum atomic E-state index is 9.01. The van der Waals surface area contributed by atoms with Crippen molar-refractivity contribution >= 4 is 27.3 Å². The summed E-state index contributed by atoms with van der Waals surface area (Å²) < 4.78 is 1.02. The molecule has 4 heteroatoms. The zero-order valence-corrected chi connectivity index (χ0v) is 10.7. The number of nitrogens with zero attached hydrogens (tertiary/aromatic N) is 1. The molecule has 1 unspecified atom stereocenters. The highest BCUT2D eigenvalue weighted by Crippen LogP contribution is 2.28. The maximum absolute atomic E-state index is 9.01. The highest BCUT2D eigenvalue weighted by Gasteiger charge is 2.14. The van der Waals surface area contributed by atoms with Crippen LogP contribution in [0.3, 0.4) is 0 Å². The molecule has 14 heavy (non-hydrogen) atoms. The van der Waals surface area contributed by atoms with Crippen LogP contribution in [-0.2, 0) is 0 Å². The molecule has 0 amide bonds. The second-order valence-corrected chi connectivity index (χ2v) is 5.30. The minimum atomic E-state index is -0.188. The van der Waals surface area contributed by atoms with Gasteiger partial charge in [0.1, 0.15) is 6.04 Å². The molecule has 0 bridgehead atoms. The molecule has 0 aliphatic carbocycles. The van der Waals surface area contributed by atoms with Gasteiger partial charge < -0.3 is 0 Å². The fraction of sp³-hybridized carbons (Fsp3) is 0.500. The molecule has 0 aliphatic heterocycles. The van der Waals surface area contributed by atoms with Crippen LogP contribution in [0.5, 0.6) is 0 Å².